The van der Waals surface area contributed by atoms with E-state index in [2.05, 4.69) is 19.5 Å². The van der Waals surface area contributed by atoms with Crippen LogP contribution in [0, 0.1) is 5.92 Å². The lowest BCUT2D eigenvalue weighted by atomic mass is 10.1. The van der Waals surface area contributed by atoms with E-state index in [1.807, 2.05) is 0 Å². The zero-order valence-corrected chi connectivity index (χ0v) is 19.0. The van der Waals surface area contributed by atoms with Gasteiger partial charge >= 0.3 is 10.3 Å². The molecule has 1 fully saturated rings. The number of anilines is 1. The molecule has 14 heteroatoms. The van der Waals surface area contributed by atoms with Crippen LogP contribution in [0.15, 0.2) is 47.5 Å². The van der Waals surface area contributed by atoms with E-state index < -0.39 is 40.5 Å². The number of nitrogens with zero attached hydrogens (tertiary/aromatic N) is 3. The number of ketones is 1. The Morgan fingerprint density at radius 3 is 2.83 bits per heavy atom. The fourth-order valence-electron chi connectivity index (χ4n) is 3.95. The highest BCUT2D eigenvalue weighted by Gasteiger charge is 2.36. The molecular formula is C21H22F3N5O5S. The summed E-state index contributed by atoms with van der Waals surface area (Å²) in [5.74, 6) is -0.815. The Morgan fingerprint density at radius 2 is 2.11 bits per heavy atom. The summed E-state index contributed by atoms with van der Waals surface area (Å²) in [6.07, 6.45) is 1.91. The number of halogens is 3. The van der Waals surface area contributed by atoms with Gasteiger partial charge < -0.3 is 14.3 Å². The average molecular weight is 513 g/mol. The van der Waals surface area contributed by atoms with Crippen LogP contribution in [0.25, 0.3) is 0 Å². The van der Waals surface area contributed by atoms with Gasteiger partial charge in [0.15, 0.2) is 11.5 Å². The molecule has 3 N–H and O–H groups in total. The van der Waals surface area contributed by atoms with Crippen molar-refractivity contribution in [2.75, 3.05) is 11.9 Å². The topological polar surface area (TPSA) is 142 Å². The van der Waals surface area contributed by atoms with Crippen molar-refractivity contribution in [1.82, 2.24) is 14.5 Å². The highest BCUT2D eigenvalue weighted by molar-refractivity contribution is 7.84. The number of furan rings is 1. The lowest BCUT2D eigenvalue weighted by molar-refractivity contribution is 0.103. The zero-order valence-electron chi connectivity index (χ0n) is 18.2. The van der Waals surface area contributed by atoms with E-state index in [0.29, 0.717) is 5.76 Å². The molecule has 1 aliphatic carbocycles. The Bertz CT molecular complexity index is 1300. The molecule has 0 bridgehead atoms. The van der Waals surface area contributed by atoms with Crippen LogP contribution in [0.3, 0.4) is 0 Å². The van der Waals surface area contributed by atoms with Gasteiger partial charge in [0.2, 0.25) is 0 Å². The van der Waals surface area contributed by atoms with Crippen LogP contribution in [0.1, 0.15) is 46.7 Å². The Balaban J connectivity index is 1.44. The zero-order chi connectivity index (χ0) is 25.2. The third-order valence-electron chi connectivity index (χ3n) is 5.58. The summed E-state index contributed by atoms with van der Waals surface area (Å²) >= 11 is 0. The number of carbonyl (C=O) groups is 1. The summed E-state index contributed by atoms with van der Waals surface area (Å²) in [7, 11) is -4.12. The molecule has 3 aromatic heterocycles. The first-order valence-corrected chi connectivity index (χ1v) is 12.0. The minimum absolute atomic E-state index is 0.0600. The monoisotopic (exact) mass is 513 g/mol. The minimum Gasteiger partial charge on any atom is -0.458 e. The number of nitrogens with one attached hydrogen (secondary N) is 1. The van der Waals surface area contributed by atoms with Gasteiger partial charge in [0.25, 0.3) is 6.43 Å². The van der Waals surface area contributed by atoms with E-state index in [9.17, 15) is 26.4 Å². The second-order valence-electron chi connectivity index (χ2n) is 8.17. The van der Waals surface area contributed by atoms with Gasteiger partial charge in [-0.05, 0) is 37.0 Å². The van der Waals surface area contributed by atoms with Crippen molar-refractivity contribution in [3.8, 4) is 0 Å². The number of alkyl halides is 3. The van der Waals surface area contributed by atoms with Crippen molar-refractivity contribution in [3.63, 3.8) is 0 Å². The van der Waals surface area contributed by atoms with Crippen molar-refractivity contribution in [2.45, 2.75) is 38.0 Å². The molecule has 10 nitrogen and oxygen atoms in total. The molecule has 0 aromatic carbocycles. The molecule has 0 radical (unpaired) electrons. The third kappa shape index (κ3) is 6.26. The smallest absolute Gasteiger partial charge is 0.333 e. The molecule has 1 aliphatic rings. The summed E-state index contributed by atoms with van der Waals surface area (Å²) in [4.78, 5) is 21.1. The molecule has 4 rings (SSSR count). The van der Waals surface area contributed by atoms with Crippen LogP contribution in [0.2, 0.25) is 0 Å². The molecule has 3 atom stereocenters. The number of rotatable bonds is 10. The summed E-state index contributed by atoms with van der Waals surface area (Å²) in [6, 6.07) is 3.45. The van der Waals surface area contributed by atoms with Crippen molar-refractivity contribution < 1.29 is 35.0 Å². The Hall–Kier alpha value is -3.23. The lowest BCUT2D eigenvalue weighted by Crippen LogP contribution is -2.27. The summed E-state index contributed by atoms with van der Waals surface area (Å²) in [6.45, 7) is -0.0982. The summed E-state index contributed by atoms with van der Waals surface area (Å²) < 4.78 is 73.2. The van der Waals surface area contributed by atoms with Crippen LogP contribution in [0.5, 0.6) is 0 Å². The molecule has 188 valence electrons. The second kappa shape index (κ2) is 10.2. The number of carbonyl (C=O) groups excluding carboxylic acids is 1. The molecule has 3 heterocycles. The molecule has 0 unspecified atom stereocenters. The summed E-state index contributed by atoms with van der Waals surface area (Å²) in [5.41, 5.74) is 0.394. The Labute approximate surface area is 198 Å². The molecular weight excluding hydrogens is 491 g/mol. The van der Waals surface area contributed by atoms with Crippen LogP contribution in [-0.2, 0) is 21.0 Å². The van der Waals surface area contributed by atoms with E-state index in [-0.39, 0.29) is 48.9 Å². The third-order valence-corrected chi connectivity index (χ3v) is 6.04. The summed E-state index contributed by atoms with van der Waals surface area (Å²) in [5, 5.41) is 7.74. The Morgan fingerprint density at radius 1 is 1.31 bits per heavy atom. The van der Waals surface area contributed by atoms with Gasteiger partial charge in [0.1, 0.15) is 24.1 Å². The first kappa shape index (κ1) is 24.9. The molecule has 3 aromatic rings. The first-order chi connectivity index (χ1) is 16.6. The van der Waals surface area contributed by atoms with Crippen molar-refractivity contribution in [3.05, 3.63) is 65.8 Å². The fraction of sp³-hybridized carbons (Fsp3) is 0.381. The maximum atomic E-state index is 14.6. The van der Waals surface area contributed by atoms with Gasteiger partial charge in [-0.2, -0.15) is 8.42 Å². The number of nitrogens with two attached hydrogens (primary N) is 1. The Kier molecular flexibility index (Phi) is 7.23. The highest BCUT2D eigenvalue weighted by atomic mass is 32.2. The predicted octanol–water partition coefficient (Wildman–Crippen LogP) is 2.84. The number of hydrogen-bond acceptors (Lipinski definition) is 8. The predicted molar refractivity (Wildman–Crippen MR) is 117 cm³/mol. The quantitative estimate of drug-likeness (QED) is 0.394. The normalized spacial score (nSPS) is 20.4. The van der Waals surface area contributed by atoms with Crippen molar-refractivity contribution in [2.24, 2.45) is 11.1 Å². The maximum Gasteiger partial charge on any atom is 0.333 e. The minimum atomic E-state index is -4.12. The van der Waals surface area contributed by atoms with Gasteiger partial charge in [0, 0.05) is 24.2 Å². The standard InChI is InChI=1S/C21H22F3N5O5S/c22-16-5-12(10-33-35(25,31)32)6-17(16)28-21-15(7-26-11-27-21)19(30)13-3-4-29(8-13)9-14-1-2-18(34-14)20(23)24/h1-4,7-8,11-12,16-17,20H,5-6,9-10H2,(H2,25,31,32)(H,26,27,28)/t12-,16+,17-/m1/s1. The molecule has 0 spiro atoms. The van der Waals surface area contributed by atoms with Crippen LogP contribution in [0.4, 0.5) is 19.0 Å². The highest BCUT2D eigenvalue weighted by Crippen LogP contribution is 2.32. The largest absolute Gasteiger partial charge is 0.458 e. The van der Waals surface area contributed by atoms with E-state index in [4.69, 9.17) is 9.56 Å². The fourth-order valence-corrected chi connectivity index (χ4v) is 4.34. The van der Waals surface area contributed by atoms with Crippen LogP contribution >= 0.6 is 0 Å². The van der Waals surface area contributed by atoms with Crippen LogP contribution < -0.4 is 10.5 Å². The second-order valence-corrected chi connectivity index (χ2v) is 9.39. The van der Waals surface area contributed by atoms with Gasteiger partial charge in [-0.15, -0.1) is 0 Å². The number of hydrogen-bond donors (Lipinski definition) is 2. The molecule has 0 aliphatic heterocycles. The maximum absolute atomic E-state index is 14.6. The van der Waals surface area contributed by atoms with Gasteiger partial charge in [-0.25, -0.2) is 28.3 Å². The van der Waals surface area contributed by atoms with Gasteiger partial charge in [-0.1, -0.05) is 0 Å². The van der Waals surface area contributed by atoms with E-state index in [0.717, 1.165) is 0 Å². The van der Waals surface area contributed by atoms with Crippen molar-refractivity contribution in [1.29, 1.82) is 0 Å². The van der Waals surface area contributed by atoms with E-state index in [1.165, 1.54) is 30.9 Å². The number of aromatic nitrogens is 3. The molecule has 0 saturated heterocycles. The van der Waals surface area contributed by atoms with Crippen LogP contribution in [-0.4, -0.2) is 47.6 Å². The molecule has 0 amide bonds. The lowest BCUT2D eigenvalue weighted by Gasteiger charge is -2.17. The molecule has 1 saturated carbocycles. The van der Waals surface area contributed by atoms with E-state index >= 15 is 0 Å². The van der Waals surface area contributed by atoms with Gasteiger partial charge in [-0.3, -0.25) is 8.98 Å². The van der Waals surface area contributed by atoms with E-state index in [1.54, 1.807) is 16.8 Å². The first-order valence-electron chi connectivity index (χ1n) is 10.5. The SMILES string of the molecule is NS(=O)(=O)OC[C@@H]1C[C@H](F)[C@H](Nc2ncncc2C(=O)c2ccn(Cc3ccc(C(F)F)o3)c2)C1. The molecule has 35 heavy (non-hydrogen) atoms. The van der Waals surface area contributed by atoms with Crippen molar-refractivity contribution >= 4 is 21.9 Å². The van der Waals surface area contributed by atoms with Gasteiger partial charge in [0.05, 0.1) is 24.8 Å². The average Bonchev–Trinajstić information content (AvgIpc) is 3.53.